The van der Waals surface area contributed by atoms with Crippen molar-refractivity contribution in [2.75, 3.05) is 0 Å². The molecule has 1 fully saturated rings. The summed E-state index contributed by atoms with van der Waals surface area (Å²) in [6.45, 7) is 1.93. The average molecular weight is 317 g/mol. The monoisotopic (exact) mass is 315 g/mol. The third-order valence-electron chi connectivity index (χ3n) is 3.18. The Morgan fingerprint density at radius 3 is 2.82 bits per heavy atom. The molecular weight excluding hydrogens is 302 g/mol. The van der Waals surface area contributed by atoms with Crippen molar-refractivity contribution in [3.05, 3.63) is 34.3 Å². The minimum absolute atomic E-state index is 0.0387. The van der Waals surface area contributed by atoms with E-state index in [9.17, 15) is 4.79 Å². The van der Waals surface area contributed by atoms with E-state index in [1.54, 1.807) is 6.07 Å². The first-order valence-electron chi connectivity index (χ1n) is 5.79. The van der Waals surface area contributed by atoms with Crippen molar-refractivity contribution >= 4 is 33.4 Å². The normalized spacial score (nSPS) is 23.7. The summed E-state index contributed by atoms with van der Waals surface area (Å²) < 4.78 is 0. The lowest BCUT2D eigenvalue weighted by molar-refractivity contribution is 0.0939. The fraction of sp³-hybridized carbons (Fsp3) is 0.462. The van der Waals surface area contributed by atoms with Crippen LogP contribution >= 0.6 is 27.5 Å². The molecule has 1 saturated carbocycles. The minimum atomic E-state index is -0.0387. The van der Waals surface area contributed by atoms with Crippen LogP contribution < -0.4 is 5.32 Å². The highest BCUT2D eigenvalue weighted by Crippen LogP contribution is 2.26. The summed E-state index contributed by atoms with van der Waals surface area (Å²) in [5, 5.41) is 3.69. The molecule has 0 saturated heterocycles. The van der Waals surface area contributed by atoms with E-state index in [2.05, 4.69) is 21.2 Å². The molecule has 17 heavy (non-hydrogen) atoms. The summed E-state index contributed by atoms with van der Waals surface area (Å²) >= 11 is 9.60. The number of aryl methyl sites for hydroxylation is 1. The van der Waals surface area contributed by atoms with E-state index in [0.29, 0.717) is 15.4 Å². The number of alkyl halides is 1. The number of benzene rings is 1. The number of carbonyl (C=O) groups is 1. The molecule has 4 heteroatoms. The first-order valence-corrected chi connectivity index (χ1v) is 7.08. The molecule has 0 bridgehead atoms. The Kier molecular flexibility index (Phi) is 4.10. The summed E-state index contributed by atoms with van der Waals surface area (Å²) in [4.78, 5) is 12.4. The average Bonchev–Trinajstić information content (AvgIpc) is 2.68. The smallest absolute Gasteiger partial charge is 0.251 e. The van der Waals surface area contributed by atoms with Crippen molar-refractivity contribution in [2.45, 2.75) is 37.1 Å². The van der Waals surface area contributed by atoms with Crippen LogP contribution in [0.4, 0.5) is 0 Å². The molecule has 92 valence electrons. The number of hydrogen-bond acceptors (Lipinski definition) is 1. The van der Waals surface area contributed by atoms with Crippen molar-refractivity contribution in [3.63, 3.8) is 0 Å². The second-order valence-electron chi connectivity index (χ2n) is 4.49. The largest absolute Gasteiger partial charge is 0.348 e. The molecule has 1 aromatic carbocycles. The fourth-order valence-electron chi connectivity index (χ4n) is 2.06. The number of carbonyl (C=O) groups excluding carboxylic acids is 1. The molecule has 1 amide bonds. The molecule has 1 aromatic rings. The van der Waals surface area contributed by atoms with Crippen LogP contribution in [-0.2, 0) is 0 Å². The molecule has 2 unspecified atom stereocenters. The Morgan fingerprint density at radius 2 is 2.24 bits per heavy atom. The number of halogens is 2. The van der Waals surface area contributed by atoms with Gasteiger partial charge in [-0.15, -0.1) is 0 Å². The molecular formula is C13H15BrClNO. The zero-order valence-electron chi connectivity index (χ0n) is 9.67. The van der Waals surface area contributed by atoms with Crippen LogP contribution in [0, 0.1) is 6.92 Å². The summed E-state index contributed by atoms with van der Waals surface area (Å²) in [7, 11) is 0. The molecule has 0 heterocycles. The van der Waals surface area contributed by atoms with Gasteiger partial charge in [0.2, 0.25) is 0 Å². The van der Waals surface area contributed by atoms with E-state index < -0.39 is 0 Å². The van der Waals surface area contributed by atoms with Gasteiger partial charge in [-0.2, -0.15) is 0 Å². The second kappa shape index (κ2) is 5.40. The number of hydrogen-bond donors (Lipinski definition) is 1. The Bertz CT molecular complexity index is 435. The number of rotatable bonds is 2. The van der Waals surface area contributed by atoms with Gasteiger partial charge in [-0.25, -0.2) is 0 Å². The highest BCUT2D eigenvalue weighted by Gasteiger charge is 2.26. The minimum Gasteiger partial charge on any atom is -0.348 e. The fourth-order valence-corrected chi connectivity index (χ4v) is 2.96. The summed E-state index contributed by atoms with van der Waals surface area (Å²) in [5.74, 6) is -0.0387. The van der Waals surface area contributed by atoms with Crippen LogP contribution in [0.3, 0.4) is 0 Å². The van der Waals surface area contributed by atoms with Crippen molar-refractivity contribution in [2.24, 2.45) is 0 Å². The predicted molar refractivity (Wildman–Crippen MR) is 74.0 cm³/mol. The van der Waals surface area contributed by atoms with Gasteiger partial charge < -0.3 is 5.32 Å². The first-order chi connectivity index (χ1) is 8.08. The van der Waals surface area contributed by atoms with Crippen LogP contribution in [0.1, 0.15) is 35.2 Å². The third kappa shape index (κ3) is 3.02. The zero-order valence-corrected chi connectivity index (χ0v) is 12.0. The summed E-state index contributed by atoms with van der Waals surface area (Å²) in [6, 6.07) is 5.65. The highest BCUT2D eigenvalue weighted by molar-refractivity contribution is 9.09. The molecule has 0 radical (unpaired) electrons. The van der Waals surface area contributed by atoms with E-state index >= 15 is 0 Å². The SMILES string of the molecule is Cc1ccc(C(=O)NC2CCCC2Br)cc1Cl. The van der Waals surface area contributed by atoms with Crippen LogP contribution in [0.15, 0.2) is 18.2 Å². The van der Waals surface area contributed by atoms with Crippen LogP contribution in [0.25, 0.3) is 0 Å². The maximum absolute atomic E-state index is 12.0. The standard InChI is InChI=1S/C13H15BrClNO/c1-8-5-6-9(7-11(8)15)13(17)16-12-4-2-3-10(12)14/h5-7,10,12H,2-4H2,1H3,(H,16,17). The first kappa shape index (κ1) is 12.9. The van der Waals surface area contributed by atoms with Crippen molar-refractivity contribution < 1.29 is 4.79 Å². The molecule has 2 nitrogen and oxygen atoms in total. The van der Waals surface area contributed by atoms with E-state index in [1.807, 2.05) is 19.1 Å². The zero-order chi connectivity index (χ0) is 12.4. The molecule has 1 N–H and O–H groups in total. The van der Waals surface area contributed by atoms with Gasteiger partial charge in [-0.05, 0) is 37.5 Å². The van der Waals surface area contributed by atoms with Gasteiger partial charge in [-0.3, -0.25) is 4.79 Å². The molecule has 2 rings (SSSR count). The predicted octanol–water partition coefficient (Wildman–Crippen LogP) is 3.69. The van der Waals surface area contributed by atoms with Gasteiger partial charge in [-0.1, -0.05) is 40.0 Å². The van der Waals surface area contributed by atoms with Crippen molar-refractivity contribution in [1.82, 2.24) is 5.32 Å². The van der Waals surface area contributed by atoms with Gasteiger partial charge in [0.15, 0.2) is 0 Å². The molecule has 1 aliphatic carbocycles. The molecule has 0 aromatic heterocycles. The molecule has 0 aliphatic heterocycles. The van der Waals surface area contributed by atoms with E-state index in [-0.39, 0.29) is 11.9 Å². The summed E-state index contributed by atoms with van der Waals surface area (Å²) in [5.41, 5.74) is 1.62. The maximum atomic E-state index is 12.0. The Balaban J connectivity index is 2.06. The number of nitrogens with one attached hydrogen (secondary N) is 1. The lowest BCUT2D eigenvalue weighted by Gasteiger charge is -2.16. The van der Waals surface area contributed by atoms with E-state index in [1.165, 1.54) is 0 Å². The van der Waals surface area contributed by atoms with Crippen molar-refractivity contribution in [3.8, 4) is 0 Å². The van der Waals surface area contributed by atoms with E-state index in [0.717, 1.165) is 24.8 Å². The molecule has 0 spiro atoms. The lowest BCUT2D eigenvalue weighted by atomic mass is 10.1. The Labute approximate surface area is 115 Å². The third-order valence-corrected chi connectivity index (χ3v) is 4.69. The van der Waals surface area contributed by atoms with Gasteiger partial charge in [0.05, 0.1) is 0 Å². The molecule has 1 aliphatic rings. The van der Waals surface area contributed by atoms with Gasteiger partial charge in [0.25, 0.3) is 5.91 Å². The van der Waals surface area contributed by atoms with Gasteiger partial charge >= 0.3 is 0 Å². The van der Waals surface area contributed by atoms with Gasteiger partial charge in [0, 0.05) is 21.5 Å². The van der Waals surface area contributed by atoms with Crippen molar-refractivity contribution in [1.29, 1.82) is 0 Å². The van der Waals surface area contributed by atoms with Gasteiger partial charge in [0.1, 0.15) is 0 Å². The highest BCUT2D eigenvalue weighted by atomic mass is 79.9. The van der Waals surface area contributed by atoms with E-state index in [4.69, 9.17) is 11.6 Å². The van der Waals surface area contributed by atoms with Crippen LogP contribution in [-0.4, -0.2) is 16.8 Å². The van der Waals surface area contributed by atoms with Crippen LogP contribution in [0.5, 0.6) is 0 Å². The topological polar surface area (TPSA) is 29.1 Å². The number of amides is 1. The quantitative estimate of drug-likeness (QED) is 0.828. The lowest BCUT2D eigenvalue weighted by Crippen LogP contribution is -2.37. The second-order valence-corrected chi connectivity index (χ2v) is 6.07. The summed E-state index contributed by atoms with van der Waals surface area (Å²) in [6.07, 6.45) is 3.33. The molecule has 2 atom stereocenters. The maximum Gasteiger partial charge on any atom is 0.251 e. The Hall–Kier alpha value is -0.540. The Morgan fingerprint density at radius 1 is 1.47 bits per heavy atom. The van der Waals surface area contributed by atoms with Crippen LogP contribution in [0.2, 0.25) is 5.02 Å².